The molecule has 2 nitrogen and oxygen atoms in total. The Morgan fingerprint density at radius 2 is 1.53 bits per heavy atom. The largest absolute Gasteiger partial charge is 0.455 e. The molecule has 3 rings (SSSR count). The zero-order chi connectivity index (χ0) is 11.5. The van der Waals surface area contributed by atoms with Crippen molar-refractivity contribution in [2.24, 2.45) is 0 Å². The molecule has 0 saturated heterocycles. The molecular formula is C15H11NO. The molecule has 3 aromatic rings. The number of hydrogen-bond donors (Lipinski definition) is 0. The highest BCUT2D eigenvalue weighted by molar-refractivity contribution is 5.87. The van der Waals surface area contributed by atoms with Gasteiger partial charge in [0.05, 0.1) is 6.20 Å². The molecule has 0 atom stereocenters. The molecule has 1 heterocycles. The number of benzene rings is 2. The van der Waals surface area contributed by atoms with Gasteiger partial charge in [-0.05, 0) is 12.1 Å². The van der Waals surface area contributed by atoms with Crippen molar-refractivity contribution in [1.82, 2.24) is 4.98 Å². The monoisotopic (exact) mass is 221 g/mol. The standard InChI is InChI=1S/C15H11NO/c1-2-7-13(8-3-1)17-15-11-16-10-12-6-4-5-9-14(12)15/h1-11H. The second-order valence-corrected chi connectivity index (χ2v) is 3.77. The first-order chi connectivity index (χ1) is 8.43. The smallest absolute Gasteiger partial charge is 0.153 e. The second kappa shape index (κ2) is 4.26. The minimum absolute atomic E-state index is 0.786. The van der Waals surface area contributed by atoms with Crippen molar-refractivity contribution in [3.63, 3.8) is 0 Å². The van der Waals surface area contributed by atoms with E-state index in [9.17, 15) is 0 Å². The number of fused-ring (bicyclic) bond motifs is 1. The van der Waals surface area contributed by atoms with Crippen LogP contribution in [-0.2, 0) is 0 Å². The van der Waals surface area contributed by atoms with Crippen LogP contribution < -0.4 is 4.74 Å². The highest BCUT2D eigenvalue weighted by atomic mass is 16.5. The highest BCUT2D eigenvalue weighted by Crippen LogP contribution is 2.28. The van der Waals surface area contributed by atoms with Crippen LogP contribution >= 0.6 is 0 Å². The summed E-state index contributed by atoms with van der Waals surface area (Å²) in [6.45, 7) is 0. The number of rotatable bonds is 2. The van der Waals surface area contributed by atoms with Crippen LogP contribution in [0, 0.1) is 0 Å². The van der Waals surface area contributed by atoms with Gasteiger partial charge in [0.2, 0.25) is 0 Å². The van der Waals surface area contributed by atoms with Crippen LogP contribution in [-0.4, -0.2) is 4.98 Å². The first-order valence-corrected chi connectivity index (χ1v) is 5.49. The van der Waals surface area contributed by atoms with Crippen LogP contribution in [0.2, 0.25) is 0 Å². The number of aromatic nitrogens is 1. The van der Waals surface area contributed by atoms with E-state index in [0.29, 0.717) is 0 Å². The fourth-order valence-electron chi connectivity index (χ4n) is 1.79. The van der Waals surface area contributed by atoms with Crippen LogP contribution in [0.5, 0.6) is 11.5 Å². The zero-order valence-corrected chi connectivity index (χ0v) is 9.21. The van der Waals surface area contributed by atoms with E-state index in [1.54, 1.807) is 6.20 Å². The van der Waals surface area contributed by atoms with E-state index in [1.807, 2.05) is 60.8 Å². The van der Waals surface area contributed by atoms with Gasteiger partial charge in [0.1, 0.15) is 5.75 Å². The predicted octanol–water partition coefficient (Wildman–Crippen LogP) is 4.03. The van der Waals surface area contributed by atoms with Crippen molar-refractivity contribution in [3.05, 3.63) is 67.0 Å². The van der Waals surface area contributed by atoms with Gasteiger partial charge in [-0.15, -0.1) is 0 Å². The third-order valence-corrected chi connectivity index (χ3v) is 2.60. The zero-order valence-electron chi connectivity index (χ0n) is 9.21. The van der Waals surface area contributed by atoms with Gasteiger partial charge in [0.15, 0.2) is 5.75 Å². The van der Waals surface area contributed by atoms with Crippen molar-refractivity contribution >= 4 is 10.8 Å². The van der Waals surface area contributed by atoms with Crippen LogP contribution in [0.3, 0.4) is 0 Å². The molecule has 0 radical (unpaired) electrons. The van der Waals surface area contributed by atoms with Gasteiger partial charge in [-0.1, -0.05) is 42.5 Å². The molecule has 0 amide bonds. The molecule has 0 saturated carbocycles. The number of nitrogens with zero attached hydrogens (tertiary/aromatic N) is 1. The topological polar surface area (TPSA) is 22.1 Å². The maximum Gasteiger partial charge on any atom is 0.153 e. The molecule has 2 heteroatoms. The average molecular weight is 221 g/mol. The van der Waals surface area contributed by atoms with Crippen molar-refractivity contribution in [3.8, 4) is 11.5 Å². The summed E-state index contributed by atoms with van der Waals surface area (Å²) in [5.74, 6) is 1.61. The lowest BCUT2D eigenvalue weighted by Gasteiger charge is -2.07. The number of hydrogen-bond acceptors (Lipinski definition) is 2. The maximum atomic E-state index is 5.83. The Hall–Kier alpha value is -2.35. The normalized spacial score (nSPS) is 10.4. The fraction of sp³-hybridized carbons (Fsp3) is 0. The number of pyridine rings is 1. The summed E-state index contributed by atoms with van der Waals surface area (Å²) < 4.78 is 5.83. The highest BCUT2D eigenvalue weighted by Gasteiger charge is 2.02. The number of ether oxygens (including phenoxy) is 1. The predicted molar refractivity (Wildman–Crippen MR) is 68.3 cm³/mol. The molecule has 82 valence electrons. The van der Waals surface area contributed by atoms with Crippen LogP contribution in [0.25, 0.3) is 10.8 Å². The van der Waals surface area contributed by atoms with E-state index in [0.717, 1.165) is 22.3 Å². The van der Waals surface area contributed by atoms with Gasteiger partial charge in [-0.2, -0.15) is 0 Å². The van der Waals surface area contributed by atoms with Gasteiger partial charge >= 0.3 is 0 Å². The molecular weight excluding hydrogens is 210 g/mol. The summed E-state index contributed by atoms with van der Waals surface area (Å²) >= 11 is 0. The summed E-state index contributed by atoms with van der Waals surface area (Å²) in [6, 6.07) is 17.8. The van der Waals surface area contributed by atoms with Crippen molar-refractivity contribution in [2.75, 3.05) is 0 Å². The van der Waals surface area contributed by atoms with E-state index in [1.165, 1.54) is 0 Å². The maximum absolute atomic E-state index is 5.83. The van der Waals surface area contributed by atoms with E-state index in [2.05, 4.69) is 4.98 Å². The van der Waals surface area contributed by atoms with Crippen LogP contribution in [0.15, 0.2) is 67.0 Å². The summed E-state index contributed by atoms with van der Waals surface area (Å²) in [5, 5.41) is 2.16. The lowest BCUT2D eigenvalue weighted by atomic mass is 10.2. The Kier molecular flexibility index (Phi) is 2.47. The van der Waals surface area contributed by atoms with Gasteiger partial charge in [-0.25, -0.2) is 0 Å². The van der Waals surface area contributed by atoms with Crippen LogP contribution in [0.1, 0.15) is 0 Å². The average Bonchev–Trinajstić information content (AvgIpc) is 2.40. The summed E-state index contributed by atoms with van der Waals surface area (Å²) in [5.41, 5.74) is 0. The van der Waals surface area contributed by atoms with Gasteiger partial charge in [-0.3, -0.25) is 4.98 Å². The molecule has 2 aromatic carbocycles. The Morgan fingerprint density at radius 1 is 0.765 bits per heavy atom. The molecule has 0 N–H and O–H groups in total. The first kappa shape index (κ1) is 9.85. The molecule has 0 aliphatic carbocycles. The van der Waals surface area contributed by atoms with Gasteiger partial charge < -0.3 is 4.74 Å². The van der Waals surface area contributed by atoms with Crippen molar-refractivity contribution in [2.45, 2.75) is 0 Å². The van der Waals surface area contributed by atoms with E-state index >= 15 is 0 Å². The molecule has 1 aromatic heterocycles. The van der Waals surface area contributed by atoms with E-state index in [-0.39, 0.29) is 0 Å². The molecule has 0 fully saturated rings. The second-order valence-electron chi connectivity index (χ2n) is 3.77. The molecule has 0 spiro atoms. The SMILES string of the molecule is c1ccc(Oc2cncc3ccccc23)cc1. The summed E-state index contributed by atoms with van der Waals surface area (Å²) in [4.78, 5) is 4.18. The summed E-state index contributed by atoms with van der Waals surface area (Å²) in [6.07, 6.45) is 3.59. The van der Waals surface area contributed by atoms with Crippen molar-refractivity contribution < 1.29 is 4.74 Å². The third kappa shape index (κ3) is 1.97. The fourth-order valence-corrected chi connectivity index (χ4v) is 1.79. The van der Waals surface area contributed by atoms with E-state index in [4.69, 9.17) is 4.74 Å². The lowest BCUT2D eigenvalue weighted by molar-refractivity contribution is 0.486. The van der Waals surface area contributed by atoms with Gasteiger partial charge in [0.25, 0.3) is 0 Å². The van der Waals surface area contributed by atoms with Gasteiger partial charge in [0, 0.05) is 17.0 Å². The quantitative estimate of drug-likeness (QED) is 0.651. The number of para-hydroxylation sites is 1. The first-order valence-electron chi connectivity index (χ1n) is 5.49. The Labute approximate surface area is 99.5 Å². The molecule has 0 bridgehead atoms. The Morgan fingerprint density at radius 3 is 2.41 bits per heavy atom. The third-order valence-electron chi connectivity index (χ3n) is 2.60. The molecule has 0 unspecified atom stereocenters. The minimum atomic E-state index is 0.786. The Bertz CT molecular complexity index is 629. The molecule has 0 aliphatic heterocycles. The summed E-state index contributed by atoms with van der Waals surface area (Å²) in [7, 11) is 0. The van der Waals surface area contributed by atoms with Crippen molar-refractivity contribution in [1.29, 1.82) is 0 Å². The molecule has 0 aliphatic rings. The lowest BCUT2D eigenvalue weighted by Crippen LogP contribution is -1.86. The minimum Gasteiger partial charge on any atom is -0.455 e. The van der Waals surface area contributed by atoms with E-state index < -0.39 is 0 Å². The molecule has 17 heavy (non-hydrogen) atoms. The Balaban J connectivity index is 2.06. The van der Waals surface area contributed by atoms with Crippen LogP contribution in [0.4, 0.5) is 0 Å².